The normalized spacial score (nSPS) is 32.3. The summed E-state index contributed by atoms with van der Waals surface area (Å²) in [5, 5.41) is 0. The number of imide groups is 1. The molecule has 3 heterocycles. The van der Waals surface area contributed by atoms with Gasteiger partial charge in [0.05, 0.1) is 31.6 Å². The highest BCUT2D eigenvalue weighted by Gasteiger charge is 2.64. The number of halogens is 1. The number of esters is 1. The van der Waals surface area contributed by atoms with Crippen LogP contribution in [0.1, 0.15) is 6.92 Å². The number of nitrogens with zero attached hydrogens (tertiary/aromatic N) is 2. The van der Waals surface area contributed by atoms with Crippen LogP contribution in [0.2, 0.25) is 0 Å². The molecule has 0 aromatic carbocycles. The molecular formula is C15H17BrN2O5. The first-order valence-electron chi connectivity index (χ1n) is 7.30. The predicted molar refractivity (Wildman–Crippen MR) is 82.9 cm³/mol. The molecule has 0 spiro atoms. The first kappa shape index (κ1) is 16.0. The number of carbonyl (C=O) groups excluding carboxylic acids is 3. The molecule has 2 unspecified atom stereocenters. The van der Waals surface area contributed by atoms with Gasteiger partial charge in [0.2, 0.25) is 11.8 Å². The van der Waals surface area contributed by atoms with Crippen molar-refractivity contribution in [1.29, 1.82) is 0 Å². The Balaban J connectivity index is 2.09. The third-order valence-corrected chi connectivity index (χ3v) is 5.24. The van der Waals surface area contributed by atoms with E-state index >= 15 is 0 Å². The number of likely N-dealkylation sites (tertiary alicyclic amines) is 1. The van der Waals surface area contributed by atoms with E-state index in [4.69, 9.17) is 9.47 Å². The van der Waals surface area contributed by atoms with Gasteiger partial charge in [0, 0.05) is 17.7 Å². The number of ether oxygens (including phenoxy) is 2. The summed E-state index contributed by atoms with van der Waals surface area (Å²) in [6.07, 6.45) is 3.41. The number of hydrogen-bond donors (Lipinski definition) is 0. The number of rotatable bonds is 3. The quantitative estimate of drug-likeness (QED) is 0.524. The molecule has 0 aromatic rings. The number of amides is 2. The maximum atomic E-state index is 12.5. The Hall–Kier alpha value is -1.83. The van der Waals surface area contributed by atoms with Gasteiger partial charge in [-0.25, -0.2) is 4.79 Å². The minimum absolute atomic E-state index is 0.209. The van der Waals surface area contributed by atoms with Crippen LogP contribution < -0.4 is 0 Å². The first-order chi connectivity index (χ1) is 10.9. The summed E-state index contributed by atoms with van der Waals surface area (Å²) in [7, 11) is 2.97. The van der Waals surface area contributed by atoms with E-state index in [0.29, 0.717) is 10.2 Å². The smallest absolute Gasteiger partial charge is 0.329 e. The lowest BCUT2D eigenvalue weighted by molar-refractivity contribution is -0.152. The molecule has 7 nitrogen and oxygen atoms in total. The minimum Gasteiger partial charge on any atom is -0.495 e. The van der Waals surface area contributed by atoms with Crippen molar-refractivity contribution in [1.82, 2.24) is 9.80 Å². The average Bonchev–Trinajstić information content (AvgIpc) is 2.97. The van der Waals surface area contributed by atoms with Crippen molar-refractivity contribution in [3.05, 3.63) is 22.5 Å². The Morgan fingerprint density at radius 2 is 1.96 bits per heavy atom. The number of hydrogen-bond acceptors (Lipinski definition) is 6. The summed E-state index contributed by atoms with van der Waals surface area (Å²) in [6, 6.07) is -1.24. The minimum atomic E-state index is -0.835. The molecule has 0 N–H and O–H groups in total. The van der Waals surface area contributed by atoms with Gasteiger partial charge in [0.25, 0.3) is 0 Å². The molecule has 2 saturated heterocycles. The van der Waals surface area contributed by atoms with E-state index in [0.717, 1.165) is 4.90 Å². The standard InChI is InChI=1S/C15H17BrN2O5/c1-4-23-15(21)12-10-9(13(19)17(2)14(10)20)11-8(16)5-7(22-3)6-18(11)12/h5-6,9-12H,4H2,1-3H3/t9?,10?,11-,12+/m0/s1. The molecule has 0 radical (unpaired) electrons. The van der Waals surface area contributed by atoms with Crippen LogP contribution >= 0.6 is 15.9 Å². The molecule has 4 atom stereocenters. The molecule has 3 aliphatic rings. The Kier molecular flexibility index (Phi) is 3.95. The zero-order chi connectivity index (χ0) is 16.9. The number of allylic oxidation sites excluding steroid dienone is 1. The Bertz CT molecular complexity index is 644. The van der Waals surface area contributed by atoms with Crippen molar-refractivity contribution in [2.24, 2.45) is 11.8 Å². The second kappa shape index (κ2) is 5.67. The van der Waals surface area contributed by atoms with E-state index in [-0.39, 0.29) is 18.4 Å². The molecule has 0 aromatic heterocycles. The van der Waals surface area contributed by atoms with Crippen LogP contribution in [0.5, 0.6) is 0 Å². The van der Waals surface area contributed by atoms with E-state index in [9.17, 15) is 14.4 Å². The second-order valence-corrected chi connectivity index (χ2v) is 6.56. The second-order valence-electron chi connectivity index (χ2n) is 5.64. The van der Waals surface area contributed by atoms with Crippen molar-refractivity contribution < 1.29 is 23.9 Å². The molecule has 0 aliphatic carbocycles. The molecule has 3 rings (SSSR count). The lowest BCUT2D eigenvalue weighted by Gasteiger charge is -2.33. The lowest BCUT2D eigenvalue weighted by Crippen LogP contribution is -2.46. The maximum absolute atomic E-state index is 12.5. The van der Waals surface area contributed by atoms with Crippen LogP contribution in [0.4, 0.5) is 0 Å². The number of fused-ring (bicyclic) bond motifs is 3. The first-order valence-corrected chi connectivity index (χ1v) is 8.10. The molecule has 2 amide bonds. The van der Waals surface area contributed by atoms with Crippen LogP contribution in [-0.2, 0) is 23.9 Å². The van der Waals surface area contributed by atoms with Gasteiger partial charge in [-0.05, 0) is 13.0 Å². The van der Waals surface area contributed by atoms with Crippen LogP contribution in [0, 0.1) is 11.8 Å². The summed E-state index contributed by atoms with van der Waals surface area (Å²) < 4.78 is 11.1. The molecule has 0 saturated carbocycles. The highest BCUT2D eigenvalue weighted by Crippen LogP contribution is 2.48. The van der Waals surface area contributed by atoms with Crippen molar-refractivity contribution in [3.63, 3.8) is 0 Å². The maximum Gasteiger partial charge on any atom is 0.329 e. The zero-order valence-electron chi connectivity index (χ0n) is 13.0. The monoisotopic (exact) mass is 384 g/mol. The summed E-state index contributed by atoms with van der Waals surface area (Å²) in [5.41, 5.74) is 0. The molecule has 124 valence electrons. The van der Waals surface area contributed by atoms with E-state index in [1.54, 1.807) is 24.1 Å². The highest BCUT2D eigenvalue weighted by atomic mass is 79.9. The average molecular weight is 385 g/mol. The fraction of sp³-hybridized carbons (Fsp3) is 0.533. The molecule has 0 bridgehead atoms. The third kappa shape index (κ3) is 2.19. The lowest BCUT2D eigenvalue weighted by atomic mass is 9.89. The van der Waals surface area contributed by atoms with Gasteiger partial charge in [-0.1, -0.05) is 15.9 Å². The van der Waals surface area contributed by atoms with Crippen LogP contribution in [-0.4, -0.2) is 60.4 Å². The Labute approximate surface area is 142 Å². The van der Waals surface area contributed by atoms with Gasteiger partial charge in [-0.2, -0.15) is 0 Å². The van der Waals surface area contributed by atoms with Crippen molar-refractivity contribution in [2.45, 2.75) is 19.0 Å². The van der Waals surface area contributed by atoms with E-state index in [2.05, 4.69) is 15.9 Å². The Morgan fingerprint density at radius 3 is 2.57 bits per heavy atom. The topological polar surface area (TPSA) is 76.2 Å². The summed E-state index contributed by atoms with van der Waals surface area (Å²) >= 11 is 3.46. The third-order valence-electron chi connectivity index (χ3n) is 4.54. The van der Waals surface area contributed by atoms with Gasteiger partial charge in [-0.3, -0.25) is 14.5 Å². The number of methoxy groups -OCH3 is 1. The van der Waals surface area contributed by atoms with E-state index < -0.39 is 29.9 Å². The summed E-state index contributed by atoms with van der Waals surface area (Å²) in [6.45, 7) is 1.92. The van der Waals surface area contributed by atoms with Crippen molar-refractivity contribution in [2.75, 3.05) is 20.8 Å². The van der Waals surface area contributed by atoms with Gasteiger partial charge in [0.15, 0.2) is 0 Å². The highest BCUT2D eigenvalue weighted by molar-refractivity contribution is 9.11. The van der Waals surface area contributed by atoms with Gasteiger partial charge < -0.3 is 14.4 Å². The fourth-order valence-corrected chi connectivity index (χ4v) is 4.30. The molecule has 2 fully saturated rings. The summed E-state index contributed by atoms with van der Waals surface area (Å²) in [5.74, 6) is -1.94. The number of carbonyl (C=O) groups is 3. The van der Waals surface area contributed by atoms with Crippen LogP contribution in [0.15, 0.2) is 22.5 Å². The zero-order valence-corrected chi connectivity index (χ0v) is 14.6. The van der Waals surface area contributed by atoms with Crippen molar-refractivity contribution in [3.8, 4) is 0 Å². The predicted octanol–water partition coefficient (Wildman–Crippen LogP) is 0.614. The van der Waals surface area contributed by atoms with Crippen LogP contribution in [0.3, 0.4) is 0 Å². The van der Waals surface area contributed by atoms with Gasteiger partial charge >= 0.3 is 5.97 Å². The van der Waals surface area contributed by atoms with Crippen LogP contribution in [0.25, 0.3) is 0 Å². The molecular weight excluding hydrogens is 368 g/mol. The molecule has 8 heteroatoms. The Morgan fingerprint density at radius 1 is 1.30 bits per heavy atom. The van der Waals surface area contributed by atoms with E-state index in [1.807, 2.05) is 0 Å². The van der Waals surface area contributed by atoms with E-state index in [1.165, 1.54) is 14.2 Å². The van der Waals surface area contributed by atoms with Gasteiger partial charge in [0.1, 0.15) is 11.8 Å². The van der Waals surface area contributed by atoms with Crippen molar-refractivity contribution >= 4 is 33.7 Å². The molecule has 3 aliphatic heterocycles. The fourth-order valence-electron chi connectivity index (χ4n) is 3.56. The SMILES string of the molecule is CCOC(=O)[C@H]1C2C(=O)N(C)C(=O)C2[C@@H]2C(Br)=CC(OC)=CN12. The summed E-state index contributed by atoms with van der Waals surface area (Å²) in [4.78, 5) is 40.3. The largest absolute Gasteiger partial charge is 0.495 e. The molecule has 23 heavy (non-hydrogen) atoms. The van der Waals surface area contributed by atoms with Gasteiger partial charge in [-0.15, -0.1) is 0 Å².